The van der Waals surface area contributed by atoms with Crippen molar-refractivity contribution in [1.82, 2.24) is 4.98 Å². The lowest BCUT2D eigenvalue weighted by Crippen LogP contribution is -2.29. The summed E-state index contributed by atoms with van der Waals surface area (Å²) in [6.07, 6.45) is 6.03. The predicted octanol–water partition coefficient (Wildman–Crippen LogP) is 3.01. The molecule has 1 aliphatic rings. The number of allylic oxidation sites excluding steroid dienone is 1. The molecule has 4 N–H and O–H groups in total. The minimum Gasteiger partial charge on any atom is -0.491 e. The van der Waals surface area contributed by atoms with Crippen molar-refractivity contribution < 1.29 is 9.53 Å². The van der Waals surface area contributed by atoms with Crippen LogP contribution in [0.5, 0.6) is 0 Å². The second-order valence-corrected chi connectivity index (χ2v) is 6.66. The highest BCUT2D eigenvalue weighted by Crippen LogP contribution is 2.23. The van der Waals surface area contributed by atoms with Crippen LogP contribution in [0.2, 0.25) is 0 Å². The summed E-state index contributed by atoms with van der Waals surface area (Å²) in [4.78, 5) is 16.0. The van der Waals surface area contributed by atoms with Crippen LogP contribution >= 0.6 is 0 Å². The van der Waals surface area contributed by atoms with Gasteiger partial charge < -0.3 is 15.8 Å². The lowest BCUT2D eigenvalue weighted by molar-refractivity contribution is -0.118. The lowest BCUT2D eigenvalue weighted by atomic mass is 9.91. The summed E-state index contributed by atoms with van der Waals surface area (Å²) in [5.74, 6) is 0.916. The van der Waals surface area contributed by atoms with Crippen molar-refractivity contribution in [2.24, 2.45) is 11.7 Å². The number of nitrogens with zero attached hydrogens (tertiary/aromatic N) is 1. The summed E-state index contributed by atoms with van der Waals surface area (Å²) in [5, 5.41) is 11.3. The number of aromatic nitrogens is 1. The van der Waals surface area contributed by atoms with Crippen LogP contribution in [0.15, 0.2) is 41.8 Å². The van der Waals surface area contributed by atoms with Gasteiger partial charge in [0.15, 0.2) is 0 Å². The molecule has 0 saturated heterocycles. The highest BCUT2D eigenvalue weighted by molar-refractivity contribution is 6.12. The topological polar surface area (TPSA) is 101 Å². The molecule has 1 unspecified atom stereocenters. The minimum absolute atomic E-state index is 0.0611. The molecule has 1 aliphatic carbocycles. The fraction of sp³-hybridized carbons (Fsp3) is 0.421. The Hall–Kier alpha value is -2.47. The average molecular weight is 342 g/mol. The molecule has 134 valence electrons. The third-order valence-electron chi connectivity index (χ3n) is 3.75. The highest BCUT2D eigenvalue weighted by Gasteiger charge is 2.21. The molecule has 1 aromatic heterocycles. The number of rotatable bonds is 6. The van der Waals surface area contributed by atoms with Crippen LogP contribution in [-0.2, 0) is 9.53 Å². The number of hydrogen-bond donors (Lipinski definition) is 3. The van der Waals surface area contributed by atoms with E-state index in [2.05, 4.69) is 10.3 Å². The zero-order chi connectivity index (χ0) is 18.6. The molecular weight excluding hydrogens is 316 g/mol. The van der Waals surface area contributed by atoms with Crippen LogP contribution in [0, 0.1) is 11.3 Å². The lowest BCUT2D eigenvalue weighted by Gasteiger charge is -2.22. The molecule has 0 fully saturated rings. The summed E-state index contributed by atoms with van der Waals surface area (Å²) in [5.41, 5.74) is 7.85. The van der Waals surface area contributed by atoms with E-state index in [1.165, 1.54) is 0 Å². The Balaban J connectivity index is 2.23. The Morgan fingerprint density at radius 2 is 2.12 bits per heavy atom. The molecule has 0 aromatic carbocycles. The van der Waals surface area contributed by atoms with E-state index in [0.717, 1.165) is 5.76 Å². The van der Waals surface area contributed by atoms with Gasteiger partial charge in [-0.25, -0.2) is 4.98 Å². The maximum atomic E-state index is 11.8. The predicted molar refractivity (Wildman–Crippen MR) is 99.5 cm³/mol. The van der Waals surface area contributed by atoms with Gasteiger partial charge in [-0.15, -0.1) is 0 Å². The maximum absolute atomic E-state index is 11.8. The number of pyridine rings is 1. The number of hydrogen-bond acceptors (Lipinski definition) is 5. The van der Waals surface area contributed by atoms with E-state index >= 15 is 0 Å². The molecule has 1 atom stereocenters. The Bertz CT molecular complexity index is 720. The van der Waals surface area contributed by atoms with Crippen LogP contribution in [-0.4, -0.2) is 28.7 Å². The molecule has 2 rings (SSSR count). The van der Waals surface area contributed by atoms with Gasteiger partial charge in [-0.2, -0.15) is 0 Å². The molecule has 6 nitrogen and oxygen atoms in total. The van der Waals surface area contributed by atoms with Crippen molar-refractivity contribution in [2.75, 3.05) is 5.32 Å². The Morgan fingerprint density at radius 3 is 2.76 bits per heavy atom. The van der Waals surface area contributed by atoms with E-state index in [1.807, 2.05) is 39.8 Å². The van der Waals surface area contributed by atoms with Crippen molar-refractivity contribution in [3.05, 3.63) is 47.4 Å². The molecular formula is C19H26N4O2. The highest BCUT2D eigenvalue weighted by atomic mass is 16.5. The first-order valence-corrected chi connectivity index (χ1v) is 8.48. The monoisotopic (exact) mass is 342 g/mol. The number of anilines is 1. The summed E-state index contributed by atoms with van der Waals surface area (Å²) >= 11 is 0. The Morgan fingerprint density at radius 1 is 1.40 bits per heavy atom. The Kier molecular flexibility index (Phi) is 6.09. The minimum atomic E-state index is -0.256. The molecule has 0 aliphatic heterocycles. The number of carbonyl (C=O) groups excluding carboxylic acids is 1. The van der Waals surface area contributed by atoms with Crippen molar-refractivity contribution >= 4 is 17.4 Å². The molecule has 1 amide bonds. The first kappa shape index (κ1) is 18.9. The van der Waals surface area contributed by atoms with E-state index in [4.69, 9.17) is 15.9 Å². The van der Waals surface area contributed by atoms with Crippen LogP contribution in [0.4, 0.5) is 5.82 Å². The fourth-order valence-electron chi connectivity index (χ4n) is 2.39. The summed E-state index contributed by atoms with van der Waals surface area (Å²) in [6.45, 7) is 7.55. The molecule has 0 radical (unpaired) electrons. The van der Waals surface area contributed by atoms with Gasteiger partial charge in [-0.3, -0.25) is 10.2 Å². The molecule has 0 saturated carbocycles. The standard InChI is InChI=1S/C19H26N4O2/c1-11(2)19(24)23-17-9-13(7-8-22-17)18(21)15-10-14(25-12(3)4)5-6-16(15)20/h5,7-12,16,21H,6,20H2,1-4H3,(H,22,23,24). The second-order valence-electron chi connectivity index (χ2n) is 6.66. The number of nitrogens with one attached hydrogen (secondary N) is 2. The van der Waals surface area contributed by atoms with Crippen LogP contribution in [0.1, 0.15) is 39.7 Å². The van der Waals surface area contributed by atoms with Gasteiger partial charge in [-0.1, -0.05) is 13.8 Å². The summed E-state index contributed by atoms with van der Waals surface area (Å²) in [7, 11) is 0. The third kappa shape index (κ3) is 5.00. The first-order valence-electron chi connectivity index (χ1n) is 8.48. The van der Waals surface area contributed by atoms with Crippen LogP contribution < -0.4 is 11.1 Å². The van der Waals surface area contributed by atoms with E-state index in [-0.39, 0.29) is 24.0 Å². The van der Waals surface area contributed by atoms with Gasteiger partial charge in [0.05, 0.1) is 11.8 Å². The number of amides is 1. The zero-order valence-electron chi connectivity index (χ0n) is 15.2. The van der Waals surface area contributed by atoms with Crippen molar-refractivity contribution in [2.45, 2.75) is 46.3 Å². The van der Waals surface area contributed by atoms with Crippen molar-refractivity contribution in [3.8, 4) is 0 Å². The normalized spacial score (nSPS) is 17.2. The molecule has 0 bridgehead atoms. The van der Waals surface area contributed by atoms with E-state index in [9.17, 15) is 4.79 Å². The Labute approximate surface area is 148 Å². The maximum Gasteiger partial charge on any atom is 0.228 e. The number of nitrogens with two attached hydrogens (primary N) is 1. The number of ether oxygens (including phenoxy) is 1. The molecule has 0 spiro atoms. The smallest absolute Gasteiger partial charge is 0.228 e. The van der Waals surface area contributed by atoms with E-state index in [0.29, 0.717) is 29.1 Å². The van der Waals surface area contributed by atoms with Gasteiger partial charge in [-0.05, 0) is 50.1 Å². The van der Waals surface area contributed by atoms with Gasteiger partial charge in [0, 0.05) is 23.7 Å². The largest absolute Gasteiger partial charge is 0.491 e. The second kappa shape index (κ2) is 8.07. The summed E-state index contributed by atoms with van der Waals surface area (Å²) < 4.78 is 5.72. The zero-order valence-corrected chi connectivity index (χ0v) is 15.2. The average Bonchev–Trinajstić information content (AvgIpc) is 2.55. The third-order valence-corrected chi connectivity index (χ3v) is 3.75. The molecule has 1 heterocycles. The molecule has 1 aromatic rings. The van der Waals surface area contributed by atoms with Crippen molar-refractivity contribution in [1.29, 1.82) is 5.41 Å². The first-order chi connectivity index (χ1) is 11.8. The quantitative estimate of drug-likeness (QED) is 0.692. The SMILES string of the molecule is CC(C)OC1=CCC(N)C(C(=N)c2ccnc(NC(=O)C(C)C)c2)=C1. The molecule has 6 heteroatoms. The van der Waals surface area contributed by atoms with Gasteiger partial charge in [0.25, 0.3) is 0 Å². The number of carbonyl (C=O) groups is 1. The van der Waals surface area contributed by atoms with E-state index < -0.39 is 0 Å². The van der Waals surface area contributed by atoms with Crippen molar-refractivity contribution in [3.63, 3.8) is 0 Å². The van der Waals surface area contributed by atoms with Gasteiger partial charge in [0.2, 0.25) is 5.91 Å². The van der Waals surface area contributed by atoms with Crippen LogP contribution in [0.3, 0.4) is 0 Å². The van der Waals surface area contributed by atoms with E-state index in [1.54, 1.807) is 18.3 Å². The fourth-order valence-corrected chi connectivity index (χ4v) is 2.39. The molecule has 25 heavy (non-hydrogen) atoms. The van der Waals surface area contributed by atoms with Crippen LogP contribution in [0.25, 0.3) is 0 Å². The van der Waals surface area contributed by atoms with Gasteiger partial charge in [0.1, 0.15) is 11.6 Å². The van der Waals surface area contributed by atoms with Gasteiger partial charge >= 0.3 is 0 Å². The summed E-state index contributed by atoms with van der Waals surface area (Å²) in [6, 6.07) is 3.17.